The van der Waals surface area contributed by atoms with Crippen LogP contribution >= 0.6 is 11.6 Å². The second-order valence-corrected chi connectivity index (χ2v) is 6.67. The number of amides is 1. The van der Waals surface area contributed by atoms with Crippen molar-refractivity contribution in [1.82, 2.24) is 5.32 Å². The molecule has 6 heteroatoms. The standard InChI is InChI=1S/C23H20ClNO4/c1-28-21-5-3-2-4-18(21)14-25-22(26)15-29-20-12-8-17(9-13-20)23(27)16-6-10-19(24)11-7-16/h2-13H,14-15H2,1H3,(H,25,26). The lowest BCUT2D eigenvalue weighted by Gasteiger charge is -2.10. The number of halogens is 1. The van der Waals surface area contributed by atoms with Crippen LogP contribution < -0.4 is 14.8 Å². The lowest BCUT2D eigenvalue weighted by Crippen LogP contribution is -2.28. The van der Waals surface area contributed by atoms with Crippen LogP contribution in [0.5, 0.6) is 11.5 Å². The Morgan fingerprint density at radius 3 is 2.17 bits per heavy atom. The number of nitrogens with one attached hydrogen (secondary N) is 1. The summed E-state index contributed by atoms with van der Waals surface area (Å²) in [4.78, 5) is 24.5. The Kier molecular flexibility index (Phi) is 6.87. The lowest BCUT2D eigenvalue weighted by molar-refractivity contribution is -0.123. The minimum Gasteiger partial charge on any atom is -0.496 e. The number of ether oxygens (including phenoxy) is 2. The Labute approximate surface area is 174 Å². The van der Waals surface area contributed by atoms with E-state index in [1.807, 2.05) is 24.3 Å². The van der Waals surface area contributed by atoms with Crippen LogP contribution in [0.2, 0.25) is 5.02 Å². The van der Waals surface area contributed by atoms with E-state index in [1.165, 1.54) is 0 Å². The van der Waals surface area contributed by atoms with Crippen LogP contribution in [0.3, 0.4) is 0 Å². The number of ketones is 1. The Morgan fingerprint density at radius 2 is 1.52 bits per heavy atom. The SMILES string of the molecule is COc1ccccc1CNC(=O)COc1ccc(C(=O)c2ccc(Cl)cc2)cc1. The molecule has 1 N–H and O–H groups in total. The van der Waals surface area contributed by atoms with Gasteiger partial charge in [0.05, 0.1) is 7.11 Å². The number of hydrogen-bond donors (Lipinski definition) is 1. The maximum atomic E-state index is 12.4. The zero-order valence-electron chi connectivity index (χ0n) is 15.9. The van der Waals surface area contributed by atoms with Crippen molar-refractivity contribution in [2.45, 2.75) is 6.54 Å². The molecule has 3 rings (SSSR count). The van der Waals surface area contributed by atoms with E-state index in [-0.39, 0.29) is 18.3 Å². The number of rotatable bonds is 8. The molecule has 0 heterocycles. The molecular weight excluding hydrogens is 390 g/mol. The van der Waals surface area contributed by atoms with Gasteiger partial charge in [0.25, 0.3) is 5.91 Å². The smallest absolute Gasteiger partial charge is 0.258 e. The molecule has 148 valence electrons. The summed E-state index contributed by atoms with van der Waals surface area (Å²) in [6, 6.07) is 20.8. The lowest BCUT2D eigenvalue weighted by atomic mass is 10.0. The molecule has 0 unspecified atom stereocenters. The van der Waals surface area contributed by atoms with Crippen LogP contribution in [-0.4, -0.2) is 25.4 Å². The van der Waals surface area contributed by atoms with Crippen LogP contribution in [-0.2, 0) is 11.3 Å². The Morgan fingerprint density at radius 1 is 0.897 bits per heavy atom. The first-order chi connectivity index (χ1) is 14.1. The van der Waals surface area contributed by atoms with Gasteiger partial charge in [-0.25, -0.2) is 0 Å². The van der Waals surface area contributed by atoms with Crippen molar-refractivity contribution in [3.63, 3.8) is 0 Å². The molecule has 29 heavy (non-hydrogen) atoms. The molecule has 3 aromatic carbocycles. The minimum atomic E-state index is -0.253. The first-order valence-corrected chi connectivity index (χ1v) is 9.36. The summed E-state index contributed by atoms with van der Waals surface area (Å²) >= 11 is 5.85. The monoisotopic (exact) mass is 409 g/mol. The molecule has 0 atom stereocenters. The highest BCUT2D eigenvalue weighted by atomic mass is 35.5. The molecule has 0 bridgehead atoms. The van der Waals surface area contributed by atoms with Gasteiger partial charge in [0.2, 0.25) is 0 Å². The van der Waals surface area contributed by atoms with Gasteiger partial charge in [-0.05, 0) is 54.6 Å². The topological polar surface area (TPSA) is 64.6 Å². The molecule has 0 radical (unpaired) electrons. The van der Waals surface area contributed by atoms with Crippen LogP contribution in [0.1, 0.15) is 21.5 Å². The Balaban J connectivity index is 1.51. The van der Waals surface area contributed by atoms with Gasteiger partial charge in [0, 0.05) is 28.3 Å². The molecule has 0 saturated carbocycles. The molecule has 0 saturated heterocycles. The summed E-state index contributed by atoms with van der Waals surface area (Å²) in [6.07, 6.45) is 0. The highest BCUT2D eigenvalue weighted by Gasteiger charge is 2.10. The van der Waals surface area contributed by atoms with E-state index in [0.29, 0.717) is 28.4 Å². The van der Waals surface area contributed by atoms with Crippen molar-refractivity contribution >= 4 is 23.3 Å². The molecule has 5 nitrogen and oxygen atoms in total. The highest BCUT2D eigenvalue weighted by Crippen LogP contribution is 2.18. The van der Waals surface area contributed by atoms with Gasteiger partial charge in [0.1, 0.15) is 11.5 Å². The van der Waals surface area contributed by atoms with Gasteiger partial charge in [-0.1, -0.05) is 29.8 Å². The first kappa shape index (κ1) is 20.4. The van der Waals surface area contributed by atoms with E-state index in [4.69, 9.17) is 21.1 Å². The largest absolute Gasteiger partial charge is 0.496 e. The number of para-hydroxylation sites is 1. The fourth-order valence-corrected chi connectivity index (χ4v) is 2.84. The summed E-state index contributed by atoms with van der Waals surface area (Å²) in [7, 11) is 1.59. The normalized spacial score (nSPS) is 10.3. The van der Waals surface area contributed by atoms with Gasteiger partial charge in [-0.2, -0.15) is 0 Å². The predicted molar refractivity (Wildman–Crippen MR) is 112 cm³/mol. The third-order valence-electron chi connectivity index (χ3n) is 4.26. The predicted octanol–water partition coefficient (Wildman–Crippen LogP) is 4.27. The number of carbonyl (C=O) groups excluding carboxylic acids is 2. The number of benzene rings is 3. The van der Waals surface area contributed by atoms with Crippen LogP contribution in [0, 0.1) is 0 Å². The minimum absolute atomic E-state index is 0.109. The maximum absolute atomic E-state index is 12.4. The van der Waals surface area contributed by atoms with Gasteiger partial charge in [0.15, 0.2) is 12.4 Å². The molecule has 0 fully saturated rings. The molecule has 0 aromatic heterocycles. The van der Waals surface area contributed by atoms with Crippen molar-refractivity contribution in [2.75, 3.05) is 13.7 Å². The van der Waals surface area contributed by atoms with Crippen molar-refractivity contribution in [3.8, 4) is 11.5 Å². The average molecular weight is 410 g/mol. The zero-order chi connectivity index (χ0) is 20.6. The van der Waals surface area contributed by atoms with Gasteiger partial charge >= 0.3 is 0 Å². The molecule has 0 aliphatic carbocycles. The van der Waals surface area contributed by atoms with Crippen LogP contribution in [0.15, 0.2) is 72.8 Å². The van der Waals surface area contributed by atoms with Crippen molar-refractivity contribution in [2.24, 2.45) is 0 Å². The summed E-state index contributed by atoms with van der Waals surface area (Å²) < 4.78 is 10.8. The van der Waals surface area contributed by atoms with E-state index >= 15 is 0 Å². The highest BCUT2D eigenvalue weighted by molar-refractivity contribution is 6.30. The van der Waals surface area contributed by atoms with Gasteiger partial charge in [-0.15, -0.1) is 0 Å². The van der Waals surface area contributed by atoms with Gasteiger partial charge in [-0.3, -0.25) is 9.59 Å². The second-order valence-electron chi connectivity index (χ2n) is 6.24. The van der Waals surface area contributed by atoms with E-state index in [9.17, 15) is 9.59 Å². The number of carbonyl (C=O) groups is 2. The van der Waals surface area contributed by atoms with Crippen molar-refractivity contribution < 1.29 is 19.1 Å². The molecular formula is C23H20ClNO4. The molecule has 3 aromatic rings. The summed E-state index contributed by atoms with van der Waals surface area (Å²) in [5.74, 6) is 0.861. The second kappa shape index (κ2) is 9.75. The third kappa shape index (κ3) is 5.59. The van der Waals surface area contributed by atoms with Crippen LogP contribution in [0.4, 0.5) is 0 Å². The average Bonchev–Trinajstić information content (AvgIpc) is 2.77. The fourth-order valence-electron chi connectivity index (χ4n) is 2.71. The molecule has 0 spiro atoms. The zero-order valence-corrected chi connectivity index (χ0v) is 16.6. The van der Waals surface area contributed by atoms with Crippen molar-refractivity contribution in [3.05, 3.63) is 94.5 Å². The third-order valence-corrected chi connectivity index (χ3v) is 4.51. The fraction of sp³-hybridized carbons (Fsp3) is 0.130. The Bertz CT molecular complexity index is 985. The molecule has 0 aliphatic rings. The summed E-state index contributed by atoms with van der Waals surface area (Å²) in [5.41, 5.74) is 1.97. The van der Waals surface area contributed by atoms with E-state index in [2.05, 4.69) is 5.32 Å². The summed E-state index contributed by atoms with van der Waals surface area (Å²) in [6.45, 7) is 0.223. The van der Waals surface area contributed by atoms with Gasteiger partial charge < -0.3 is 14.8 Å². The van der Waals surface area contributed by atoms with Crippen molar-refractivity contribution in [1.29, 1.82) is 0 Å². The summed E-state index contributed by atoms with van der Waals surface area (Å²) in [5, 5.41) is 3.37. The van der Waals surface area contributed by atoms with E-state index in [1.54, 1.807) is 55.6 Å². The van der Waals surface area contributed by atoms with E-state index < -0.39 is 0 Å². The Hall–Kier alpha value is -3.31. The van der Waals surface area contributed by atoms with Crippen LogP contribution in [0.25, 0.3) is 0 Å². The van der Waals surface area contributed by atoms with E-state index in [0.717, 1.165) is 11.3 Å². The molecule has 1 amide bonds. The quantitative estimate of drug-likeness (QED) is 0.564. The number of hydrogen-bond acceptors (Lipinski definition) is 4. The first-order valence-electron chi connectivity index (χ1n) is 8.98. The number of methoxy groups -OCH3 is 1. The molecule has 0 aliphatic heterocycles. The maximum Gasteiger partial charge on any atom is 0.258 e.